The fourth-order valence-electron chi connectivity index (χ4n) is 3.31. The second-order valence-electron chi connectivity index (χ2n) is 7.23. The van der Waals surface area contributed by atoms with E-state index in [2.05, 4.69) is 10.6 Å². The van der Waals surface area contributed by atoms with Crippen molar-refractivity contribution < 1.29 is 22.4 Å². The smallest absolute Gasteiger partial charge is 0.321 e. The minimum atomic E-state index is -3.80. The monoisotopic (exact) mass is 448 g/mol. The third-order valence-electron chi connectivity index (χ3n) is 5.17. The largest absolute Gasteiger partial charge is 0.334 e. The minimum Gasteiger partial charge on any atom is -0.334 e. The Bertz CT molecular complexity index is 1020. The molecule has 2 aromatic carbocycles. The Labute approximate surface area is 181 Å². The number of halogens is 1. The average Bonchev–Trinajstić information content (AvgIpc) is 2.78. The standard InChI is InChI=1S/C21H25FN4O4S/c1-16(20(27)24-21(28)23-15-17-6-3-2-4-7-17)25-10-12-26(13-11-25)31(29,30)19-9-5-8-18(22)14-19/h2-9,14,16H,10-13,15H2,1H3,(H2,23,24,27,28). The van der Waals surface area contributed by atoms with Crippen LogP contribution in [-0.4, -0.2) is 61.8 Å². The topological polar surface area (TPSA) is 98.8 Å². The Balaban J connectivity index is 1.49. The van der Waals surface area contributed by atoms with Crippen LogP contribution in [0.2, 0.25) is 0 Å². The summed E-state index contributed by atoms with van der Waals surface area (Å²) < 4.78 is 40.1. The van der Waals surface area contributed by atoms with Gasteiger partial charge in [0.2, 0.25) is 15.9 Å². The molecule has 1 aliphatic heterocycles. The van der Waals surface area contributed by atoms with Crippen molar-refractivity contribution in [3.8, 4) is 0 Å². The zero-order chi connectivity index (χ0) is 22.4. The van der Waals surface area contributed by atoms with Crippen molar-refractivity contribution in [2.75, 3.05) is 26.2 Å². The number of amides is 3. The molecule has 10 heteroatoms. The van der Waals surface area contributed by atoms with Gasteiger partial charge in [0.25, 0.3) is 0 Å². The molecular formula is C21H25FN4O4S. The summed E-state index contributed by atoms with van der Waals surface area (Å²) in [5.74, 6) is -1.08. The summed E-state index contributed by atoms with van der Waals surface area (Å²) in [5, 5.41) is 4.95. The molecule has 2 N–H and O–H groups in total. The zero-order valence-corrected chi connectivity index (χ0v) is 17.9. The molecule has 1 aliphatic rings. The summed E-state index contributed by atoms with van der Waals surface area (Å²) in [6, 6.07) is 13.0. The number of carbonyl (C=O) groups is 2. The van der Waals surface area contributed by atoms with Gasteiger partial charge in [0.1, 0.15) is 5.82 Å². The van der Waals surface area contributed by atoms with E-state index in [1.165, 1.54) is 22.5 Å². The normalized spacial score (nSPS) is 16.5. The van der Waals surface area contributed by atoms with Crippen LogP contribution in [0.1, 0.15) is 12.5 Å². The Kier molecular flexibility index (Phi) is 7.37. The van der Waals surface area contributed by atoms with Crippen molar-refractivity contribution in [2.45, 2.75) is 24.4 Å². The maximum atomic E-state index is 13.4. The summed E-state index contributed by atoms with van der Waals surface area (Å²) in [5.41, 5.74) is 0.911. The molecular weight excluding hydrogens is 423 g/mol. The highest BCUT2D eigenvalue weighted by atomic mass is 32.2. The highest BCUT2D eigenvalue weighted by Gasteiger charge is 2.32. The first-order valence-electron chi connectivity index (χ1n) is 9.90. The Hall–Kier alpha value is -2.82. The lowest BCUT2D eigenvalue weighted by Crippen LogP contribution is -2.56. The molecule has 1 atom stereocenters. The molecule has 1 unspecified atom stereocenters. The zero-order valence-electron chi connectivity index (χ0n) is 17.1. The number of imide groups is 1. The molecule has 2 aromatic rings. The van der Waals surface area contributed by atoms with Gasteiger partial charge in [-0.05, 0) is 30.7 Å². The molecule has 1 fully saturated rings. The quantitative estimate of drug-likeness (QED) is 0.699. The lowest BCUT2D eigenvalue weighted by atomic mass is 10.2. The number of nitrogens with one attached hydrogen (secondary N) is 2. The fraction of sp³-hybridized carbons (Fsp3) is 0.333. The SMILES string of the molecule is CC(C(=O)NC(=O)NCc1ccccc1)N1CCN(S(=O)(=O)c2cccc(F)c2)CC1. The van der Waals surface area contributed by atoms with Crippen molar-refractivity contribution in [3.63, 3.8) is 0 Å². The maximum absolute atomic E-state index is 13.4. The van der Waals surface area contributed by atoms with E-state index >= 15 is 0 Å². The molecule has 0 spiro atoms. The Morgan fingerprint density at radius 1 is 1.03 bits per heavy atom. The number of nitrogens with zero attached hydrogens (tertiary/aromatic N) is 2. The van der Waals surface area contributed by atoms with E-state index in [0.717, 1.165) is 11.6 Å². The van der Waals surface area contributed by atoms with Crippen molar-refractivity contribution in [2.24, 2.45) is 0 Å². The fourth-order valence-corrected chi connectivity index (χ4v) is 4.77. The average molecular weight is 449 g/mol. The van der Waals surface area contributed by atoms with Crippen LogP contribution >= 0.6 is 0 Å². The van der Waals surface area contributed by atoms with E-state index in [1.54, 1.807) is 11.8 Å². The predicted octanol–water partition coefficient (Wildman–Crippen LogP) is 1.55. The first kappa shape index (κ1) is 22.9. The van der Waals surface area contributed by atoms with E-state index in [-0.39, 0.29) is 18.0 Å². The van der Waals surface area contributed by atoms with Gasteiger partial charge in [-0.25, -0.2) is 17.6 Å². The van der Waals surface area contributed by atoms with Gasteiger partial charge in [-0.1, -0.05) is 36.4 Å². The van der Waals surface area contributed by atoms with Crippen molar-refractivity contribution in [1.82, 2.24) is 19.8 Å². The summed E-state index contributed by atoms with van der Waals surface area (Å²) >= 11 is 0. The molecule has 0 saturated carbocycles. The summed E-state index contributed by atoms with van der Waals surface area (Å²) in [7, 11) is -3.80. The lowest BCUT2D eigenvalue weighted by molar-refractivity contribution is -0.125. The number of hydrogen-bond acceptors (Lipinski definition) is 5. The van der Waals surface area contributed by atoms with E-state index in [9.17, 15) is 22.4 Å². The lowest BCUT2D eigenvalue weighted by Gasteiger charge is -2.36. The summed E-state index contributed by atoms with van der Waals surface area (Å²) in [6.07, 6.45) is 0. The molecule has 166 valence electrons. The number of rotatable bonds is 6. The second-order valence-corrected chi connectivity index (χ2v) is 9.17. The van der Waals surface area contributed by atoms with Gasteiger partial charge in [0, 0.05) is 32.7 Å². The first-order valence-corrected chi connectivity index (χ1v) is 11.3. The predicted molar refractivity (Wildman–Crippen MR) is 113 cm³/mol. The van der Waals surface area contributed by atoms with Gasteiger partial charge in [0.05, 0.1) is 10.9 Å². The van der Waals surface area contributed by atoms with Gasteiger partial charge >= 0.3 is 6.03 Å². The molecule has 1 heterocycles. The molecule has 3 amide bonds. The van der Waals surface area contributed by atoms with Crippen molar-refractivity contribution in [1.29, 1.82) is 0 Å². The third kappa shape index (κ3) is 5.87. The van der Waals surface area contributed by atoms with Crippen LogP contribution in [0, 0.1) is 5.82 Å². The van der Waals surface area contributed by atoms with Gasteiger partial charge in [-0.15, -0.1) is 0 Å². The number of urea groups is 1. The van der Waals surface area contributed by atoms with E-state index in [0.29, 0.717) is 19.6 Å². The molecule has 0 aliphatic carbocycles. The third-order valence-corrected chi connectivity index (χ3v) is 7.06. The van der Waals surface area contributed by atoms with Crippen LogP contribution in [0.25, 0.3) is 0 Å². The minimum absolute atomic E-state index is 0.0955. The number of piperazine rings is 1. The number of hydrogen-bond donors (Lipinski definition) is 2. The molecule has 31 heavy (non-hydrogen) atoms. The molecule has 1 saturated heterocycles. The van der Waals surface area contributed by atoms with Crippen LogP contribution < -0.4 is 10.6 Å². The first-order chi connectivity index (χ1) is 14.8. The molecule has 0 radical (unpaired) electrons. The van der Waals surface area contributed by atoms with Gasteiger partial charge in [-0.3, -0.25) is 15.0 Å². The van der Waals surface area contributed by atoms with Crippen molar-refractivity contribution >= 4 is 22.0 Å². The number of carbonyl (C=O) groups excluding carboxylic acids is 2. The number of benzene rings is 2. The van der Waals surface area contributed by atoms with E-state index in [4.69, 9.17) is 0 Å². The molecule has 0 bridgehead atoms. The van der Waals surface area contributed by atoms with Crippen LogP contribution in [0.3, 0.4) is 0 Å². The van der Waals surface area contributed by atoms with E-state index in [1.807, 2.05) is 30.3 Å². The van der Waals surface area contributed by atoms with Gasteiger partial charge in [0.15, 0.2) is 0 Å². The molecule has 0 aromatic heterocycles. The highest BCUT2D eigenvalue weighted by molar-refractivity contribution is 7.89. The summed E-state index contributed by atoms with van der Waals surface area (Å²) in [6.45, 7) is 2.92. The summed E-state index contributed by atoms with van der Waals surface area (Å²) in [4.78, 5) is 26.1. The molecule has 8 nitrogen and oxygen atoms in total. The Morgan fingerprint density at radius 2 is 1.71 bits per heavy atom. The highest BCUT2D eigenvalue weighted by Crippen LogP contribution is 2.19. The molecule has 3 rings (SSSR count). The van der Waals surface area contributed by atoms with E-state index < -0.39 is 33.8 Å². The van der Waals surface area contributed by atoms with Gasteiger partial charge < -0.3 is 5.32 Å². The van der Waals surface area contributed by atoms with Crippen LogP contribution in [-0.2, 0) is 21.4 Å². The van der Waals surface area contributed by atoms with Crippen molar-refractivity contribution in [3.05, 3.63) is 66.0 Å². The van der Waals surface area contributed by atoms with Gasteiger partial charge in [-0.2, -0.15) is 4.31 Å². The van der Waals surface area contributed by atoms with Crippen LogP contribution in [0.5, 0.6) is 0 Å². The van der Waals surface area contributed by atoms with Crippen LogP contribution in [0.4, 0.5) is 9.18 Å². The number of sulfonamides is 1. The Morgan fingerprint density at radius 3 is 2.35 bits per heavy atom. The van der Waals surface area contributed by atoms with Crippen LogP contribution in [0.15, 0.2) is 59.5 Å². The maximum Gasteiger partial charge on any atom is 0.321 e. The second kappa shape index (κ2) is 9.99.